The van der Waals surface area contributed by atoms with Gasteiger partial charge in [0.1, 0.15) is 0 Å². The highest BCUT2D eigenvalue weighted by Gasteiger charge is 2.22. The van der Waals surface area contributed by atoms with Gasteiger partial charge in [0.15, 0.2) is 0 Å². The molecule has 1 rings (SSSR count). The topological polar surface area (TPSA) is 29.3 Å². The standard InChI is InChI=1S/C10H22N2/c1-9(5-6-11)7-12(2)8-10-3-4-10/h9-10H,3-8,11H2,1-2H3. The number of nitrogens with two attached hydrogens (primary N) is 1. The average Bonchev–Trinajstić information content (AvgIpc) is 2.71. The van der Waals surface area contributed by atoms with E-state index in [2.05, 4.69) is 18.9 Å². The lowest BCUT2D eigenvalue weighted by Crippen LogP contribution is -2.27. The Morgan fingerprint density at radius 2 is 2.17 bits per heavy atom. The van der Waals surface area contributed by atoms with Crippen molar-refractivity contribution >= 4 is 0 Å². The number of nitrogens with zero attached hydrogens (tertiary/aromatic N) is 1. The SMILES string of the molecule is CC(CCN)CN(C)CC1CC1. The van der Waals surface area contributed by atoms with Gasteiger partial charge in [-0.15, -0.1) is 0 Å². The van der Waals surface area contributed by atoms with Crippen molar-refractivity contribution < 1.29 is 0 Å². The highest BCUT2D eigenvalue weighted by atomic mass is 15.1. The lowest BCUT2D eigenvalue weighted by atomic mass is 10.1. The molecule has 12 heavy (non-hydrogen) atoms. The van der Waals surface area contributed by atoms with Crippen molar-refractivity contribution in [1.82, 2.24) is 4.90 Å². The van der Waals surface area contributed by atoms with Crippen LogP contribution in [0.1, 0.15) is 26.2 Å². The van der Waals surface area contributed by atoms with Gasteiger partial charge in [0, 0.05) is 13.1 Å². The van der Waals surface area contributed by atoms with Crippen LogP contribution in [0.4, 0.5) is 0 Å². The smallest absolute Gasteiger partial charge is 0.000672 e. The zero-order chi connectivity index (χ0) is 8.97. The first-order valence-electron chi connectivity index (χ1n) is 5.11. The summed E-state index contributed by atoms with van der Waals surface area (Å²) < 4.78 is 0. The van der Waals surface area contributed by atoms with E-state index in [1.807, 2.05) is 0 Å². The quantitative estimate of drug-likeness (QED) is 0.651. The summed E-state index contributed by atoms with van der Waals surface area (Å²) in [7, 11) is 2.23. The molecular formula is C10H22N2. The van der Waals surface area contributed by atoms with Crippen molar-refractivity contribution in [2.24, 2.45) is 17.6 Å². The highest BCUT2D eigenvalue weighted by Crippen LogP contribution is 2.29. The Morgan fingerprint density at radius 1 is 1.50 bits per heavy atom. The van der Waals surface area contributed by atoms with E-state index in [1.165, 1.54) is 25.9 Å². The Bertz CT molecular complexity index is 121. The summed E-state index contributed by atoms with van der Waals surface area (Å²) in [4.78, 5) is 2.46. The van der Waals surface area contributed by atoms with Crippen LogP contribution in [-0.4, -0.2) is 31.6 Å². The molecule has 1 unspecified atom stereocenters. The molecule has 0 aromatic heterocycles. The van der Waals surface area contributed by atoms with Crippen molar-refractivity contribution in [2.75, 3.05) is 26.7 Å². The third-order valence-electron chi connectivity index (χ3n) is 2.55. The van der Waals surface area contributed by atoms with Crippen LogP contribution in [0.15, 0.2) is 0 Å². The second-order valence-electron chi connectivity index (χ2n) is 4.35. The lowest BCUT2D eigenvalue weighted by Gasteiger charge is -2.20. The fraction of sp³-hybridized carbons (Fsp3) is 1.00. The molecule has 0 aromatic carbocycles. The molecule has 1 atom stereocenters. The van der Waals surface area contributed by atoms with Crippen molar-refractivity contribution in [3.05, 3.63) is 0 Å². The average molecular weight is 170 g/mol. The fourth-order valence-electron chi connectivity index (χ4n) is 1.72. The zero-order valence-corrected chi connectivity index (χ0v) is 8.42. The first kappa shape index (κ1) is 10.0. The van der Waals surface area contributed by atoms with Crippen molar-refractivity contribution in [3.8, 4) is 0 Å². The van der Waals surface area contributed by atoms with Crippen molar-refractivity contribution in [3.63, 3.8) is 0 Å². The van der Waals surface area contributed by atoms with Crippen LogP contribution in [0.3, 0.4) is 0 Å². The molecule has 0 aromatic rings. The van der Waals surface area contributed by atoms with Crippen LogP contribution >= 0.6 is 0 Å². The molecule has 1 aliphatic rings. The van der Waals surface area contributed by atoms with E-state index >= 15 is 0 Å². The molecule has 0 aliphatic heterocycles. The first-order chi connectivity index (χ1) is 5.72. The van der Waals surface area contributed by atoms with Gasteiger partial charge >= 0.3 is 0 Å². The number of hydrogen-bond acceptors (Lipinski definition) is 2. The minimum Gasteiger partial charge on any atom is -0.330 e. The third kappa shape index (κ3) is 4.07. The van der Waals surface area contributed by atoms with Gasteiger partial charge in [0.2, 0.25) is 0 Å². The van der Waals surface area contributed by atoms with E-state index in [1.54, 1.807) is 0 Å². The first-order valence-corrected chi connectivity index (χ1v) is 5.11. The van der Waals surface area contributed by atoms with Crippen LogP contribution in [0.25, 0.3) is 0 Å². The lowest BCUT2D eigenvalue weighted by molar-refractivity contribution is 0.270. The summed E-state index contributed by atoms with van der Waals surface area (Å²) in [6.45, 7) is 5.64. The Balaban J connectivity index is 2.02. The van der Waals surface area contributed by atoms with Crippen molar-refractivity contribution in [2.45, 2.75) is 26.2 Å². The Hall–Kier alpha value is -0.0800. The van der Waals surface area contributed by atoms with Gasteiger partial charge in [-0.05, 0) is 44.7 Å². The van der Waals surface area contributed by atoms with Gasteiger partial charge < -0.3 is 10.6 Å². The van der Waals surface area contributed by atoms with Gasteiger partial charge in [-0.1, -0.05) is 6.92 Å². The maximum absolute atomic E-state index is 5.50. The van der Waals surface area contributed by atoms with E-state index in [0.29, 0.717) is 0 Å². The van der Waals surface area contributed by atoms with Crippen molar-refractivity contribution in [1.29, 1.82) is 0 Å². The van der Waals surface area contributed by atoms with Crippen LogP contribution in [0.5, 0.6) is 0 Å². The van der Waals surface area contributed by atoms with Crippen LogP contribution in [0.2, 0.25) is 0 Å². The molecule has 72 valence electrons. The molecule has 1 fully saturated rings. The van der Waals surface area contributed by atoms with Crippen LogP contribution < -0.4 is 5.73 Å². The minimum atomic E-state index is 0.763. The van der Waals surface area contributed by atoms with Gasteiger partial charge in [-0.3, -0.25) is 0 Å². The minimum absolute atomic E-state index is 0.763. The van der Waals surface area contributed by atoms with Gasteiger partial charge in [0.05, 0.1) is 0 Å². The third-order valence-corrected chi connectivity index (χ3v) is 2.55. The van der Waals surface area contributed by atoms with E-state index in [9.17, 15) is 0 Å². The van der Waals surface area contributed by atoms with E-state index < -0.39 is 0 Å². The van der Waals surface area contributed by atoms with E-state index in [4.69, 9.17) is 5.73 Å². The summed E-state index contributed by atoms with van der Waals surface area (Å²) in [5.74, 6) is 1.78. The molecule has 2 heteroatoms. The summed E-state index contributed by atoms with van der Waals surface area (Å²) in [6, 6.07) is 0. The predicted molar refractivity (Wildman–Crippen MR) is 53.1 cm³/mol. The monoisotopic (exact) mass is 170 g/mol. The van der Waals surface area contributed by atoms with Gasteiger partial charge in [-0.25, -0.2) is 0 Å². The Morgan fingerprint density at radius 3 is 2.67 bits per heavy atom. The number of hydrogen-bond donors (Lipinski definition) is 1. The largest absolute Gasteiger partial charge is 0.330 e. The van der Waals surface area contributed by atoms with E-state index in [-0.39, 0.29) is 0 Å². The summed E-state index contributed by atoms with van der Waals surface area (Å²) in [5, 5.41) is 0. The summed E-state index contributed by atoms with van der Waals surface area (Å²) in [5.41, 5.74) is 5.50. The van der Waals surface area contributed by atoms with E-state index in [0.717, 1.165) is 24.8 Å². The summed E-state index contributed by atoms with van der Waals surface area (Å²) in [6.07, 6.45) is 4.07. The number of rotatable bonds is 6. The molecular weight excluding hydrogens is 148 g/mol. The molecule has 1 saturated carbocycles. The molecule has 0 saturated heterocycles. The normalized spacial score (nSPS) is 20.0. The predicted octanol–water partition coefficient (Wildman–Crippen LogP) is 1.31. The molecule has 1 aliphatic carbocycles. The molecule has 0 spiro atoms. The molecule has 0 heterocycles. The zero-order valence-electron chi connectivity index (χ0n) is 8.42. The highest BCUT2D eigenvalue weighted by molar-refractivity contribution is 4.76. The van der Waals surface area contributed by atoms with Gasteiger partial charge in [0.25, 0.3) is 0 Å². The Kier molecular flexibility index (Phi) is 4.02. The second kappa shape index (κ2) is 4.83. The van der Waals surface area contributed by atoms with Gasteiger partial charge in [-0.2, -0.15) is 0 Å². The van der Waals surface area contributed by atoms with Crippen LogP contribution in [0, 0.1) is 11.8 Å². The maximum Gasteiger partial charge on any atom is 0.000672 e. The second-order valence-corrected chi connectivity index (χ2v) is 4.35. The maximum atomic E-state index is 5.50. The molecule has 0 radical (unpaired) electrons. The molecule has 2 N–H and O–H groups in total. The summed E-state index contributed by atoms with van der Waals surface area (Å²) >= 11 is 0. The molecule has 0 amide bonds. The van der Waals surface area contributed by atoms with Crippen LogP contribution in [-0.2, 0) is 0 Å². The fourth-order valence-corrected chi connectivity index (χ4v) is 1.72. The molecule has 2 nitrogen and oxygen atoms in total. The Labute approximate surface area is 76.1 Å². The molecule has 0 bridgehead atoms.